The molecule has 21 heavy (non-hydrogen) atoms. The van der Waals surface area contributed by atoms with Gasteiger partial charge in [-0.15, -0.1) is 0 Å². The van der Waals surface area contributed by atoms with E-state index >= 15 is 0 Å². The van der Waals surface area contributed by atoms with Gasteiger partial charge in [-0.25, -0.2) is 15.8 Å². The van der Waals surface area contributed by atoms with Crippen LogP contribution in [0.1, 0.15) is 40.4 Å². The third kappa shape index (κ3) is 2.92. The summed E-state index contributed by atoms with van der Waals surface area (Å²) >= 11 is 0. The molecule has 0 radical (unpaired) electrons. The maximum atomic E-state index is 12.1. The van der Waals surface area contributed by atoms with E-state index in [0.717, 1.165) is 0 Å². The molecule has 116 valence electrons. The van der Waals surface area contributed by atoms with Crippen molar-refractivity contribution in [3.63, 3.8) is 0 Å². The summed E-state index contributed by atoms with van der Waals surface area (Å²) in [5, 5.41) is 2.88. The van der Waals surface area contributed by atoms with Crippen molar-refractivity contribution < 1.29 is 4.79 Å². The number of hydrogen-bond acceptors (Lipinski definition) is 6. The zero-order valence-corrected chi connectivity index (χ0v) is 13.3. The number of amides is 1. The lowest BCUT2D eigenvalue weighted by Crippen LogP contribution is -2.62. The fourth-order valence-corrected chi connectivity index (χ4v) is 2.28. The number of carbonyl (C=O) groups excluding carboxylic acids is 1. The van der Waals surface area contributed by atoms with Crippen LogP contribution in [0.2, 0.25) is 0 Å². The van der Waals surface area contributed by atoms with Crippen LogP contribution in [-0.2, 0) is 10.2 Å². The third-order valence-corrected chi connectivity index (χ3v) is 3.66. The van der Waals surface area contributed by atoms with Crippen LogP contribution in [0.15, 0.2) is 6.07 Å². The Morgan fingerprint density at radius 1 is 1.38 bits per heavy atom. The number of nitrogens with zero attached hydrogens (tertiary/aromatic N) is 3. The van der Waals surface area contributed by atoms with E-state index in [1.807, 2.05) is 39.5 Å². The molecule has 7 heteroatoms. The molecule has 2 heterocycles. The SMILES string of the molecule is CC(C)(C)c1nc(NN)cc(N2CCNC(=O)C2(C)C)n1. The minimum absolute atomic E-state index is 0.00747. The molecule has 0 saturated carbocycles. The quantitative estimate of drug-likeness (QED) is 0.550. The summed E-state index contributed by atoms with van der Waals surface area (Å²) in [6.07, 6.45) is 0. The number of anilines is 2. The van der Waals surface area contributed by atoms with Gasteiger partial charge in [-0.2, -0.15) is 0 Å². The van der Waals surface area contributed by atoms with E-state index in [-0.39, 0.29) is 11.3 Å². The highest BCUT2D eigenvalue weighted by Crippen LogP contribution is 2.28. The molecular weight excluding hydrogens is 268 g/mol. The topological polar surface area (TPSA) is 96.2 Å². The first-order valence-corrected chi connectivity index (χ1v) is 7.08. The van der Waals surface area contributed by atoms with E-state index in [2.05, 4.69) is 20.7 Å². The Morgan fingerprint density at radius 2 is 2.05 bits per heavy atom. The van der Waals surface area contributed by atoms with Crippen LogP contribution >= 0.6 is 0 Å². The number of nitrogen functional groups attached to an aromatic ring is 1. The van der Waals surface area contributed by atoms with E-state index in [1.165, 1.54) is 0 Å². The van der Waals surface area contributed by atoms with Crippen molar-refractivity contribution >= 4 is 17.5 Å². The fourth-order valence-electron chi connectivity index (χ4n) is 2.28. The van der Waals surface area contributed by atoms with E-state index < -0.39 is 5.54 Å². The normalized spacial score (nSPS) is 18.4. The van der Waals surface area contributed by atoms with Gasteiger partial charge in [-0.05, 0) is 13.8 Å². The van der Waals surface area contributed by atoms with Gasteiger partial charge in [0.15, 0.2) is 0 Å². The summed E-state index contributed by atoms with van der Waals surface area (Å²) in [7, 11) is 0. The van der Waals surface area contributed by atoms with Crippen molar-refractivity contribution in [3.05, 3.63) is 11.9 Å². The van der Waals surface area contributed by atoms with Crippen molar-refractivity contribution in [3.8, 4) is 0 Å². The zero-order valence-electron chi connectivity index (χ0n) is 13.3. The van der Waals surface area contributed by atoms with Gasteiger partial charge in [0.1, 0.15) is 23.0 Å². The molecule has 0 spiro atoms. The molecule has 0 aromatic carbocycles. The van der Waals surface area contributed by atoms with Crippen LogP contribution in [0.4, 0.5) is 11.6 Å². The van der Waals surface area contributed by atoms with E-state index in [9.17, 15) is 4.79 Å². The first kappa shape index (κ1) is 15.5. The lowest BCUT2D eigenvalue weighted by molar-refractivity contribution is -0.126. The van der Waals surface area contributed by atoms with Crippen molar-refractivity contribution in [2.75, 3.05) is 23.4 Å². The van der Waals surface area contributed by atoms with Crippen LogP contribution in [0, 0.1) is 0 Å². The molecule has 1 fully saturated rings. The van der Waals surface area contributed by atoms with Gasteiger partial charge < -0.3 is 15.6 Å². The predicted molar refractivity (Wildman–Crippen MR) is 83.0 cm³/mol. The van der Waals surface area contributed by atoms with Crippen LogP contribution in [0.5, 0.6) is 0 Å². The number of carbonyl (C=O) groups is 1. The molecule has 0 atom stereocenters. The van der Waals surface area contributed by atoms with Crippen molar-refractivity contribution in [2.45, 2.75) is 45.6 Å². The molecule has 1 amide bonds. The average Bonchev–Trinajstić information content (AvgIpc) is 2.40. The minimum atomic E-state index is -0.659. The number of rotatable bonds is 2. The summed E-state index contributed by atoms with van der Waals surface area (Å²) in [5.74, 6) is 7.46. The van der Waals surface area contributed by atoms with Gasteiger partial charge in [0.2, 0.25) is 5.91 Å². The number of hydrazine groups is 1. The maximum absolute atomic E-state index is 12.1. The lowest BCUT2D eigenvalue weighted by Gasteiger charge is -2.42. The Labute approximate surface area is 125 Å². The summed E-state index contributed by atoms with van der Waals surface area (Å²) in [4.78, 5) is 23.1. The largest absolute Gasteiger partial charge is 0.352 e. The highest BCUT2D eigenvalue weighted by atomic mass is 16.2. The standard InChI is InChI=1S/C14H24N6O/c1-13(2,3)11-17-9(19-15)8-10(18-11)20-7-6-16-12(21)14(20,4)5/h8H,6-7,15H2,1-5H3,(H,16,21)(H,17,18,19). The number of piperazine rings is 1. The fraction of sp³-hybridized carbons (Fsp3) is 0.643. The molecule has 1 saturated heterocycles. The smallest absolute Gasteiger partial charge is 0.245 e. The van der Waals surface area contributed by atoms with Gasteiger partial charge in [0.05, 0.1) is 0 Å². The summed E-state index contributed by atoms with van der Waals surface area (Å²) in [5.41, 5.74) is 1.72. The molecule has 0 bridgehead atoms. The summed E-state index contributed by atoms with van der Waals surface area (Å²) < 4.78 is 0. The van der Waals surface area contributed by atoms with Crippen LogP contribution in [0.3, 0.4) is 0 Å². The predicted octanol–water partition coefficient (Wildman–Crippen LogP) is 0.774. The third-order valence-electron chi connectivity index (χ3n) is 3.66. The lowest BCUT2D eigenvalue weighted by atomic mass is 9.95. The van der Waals surface area contributed by atoms with Gasteiger partial charge in [-0.3, -0.25) is 4.79 Å². The first-order valence-electron chi connectivity index (χ1n) is 7.08. The zero-order chi connectivity index (χ0) is 15.8. The monoisotopic (exact) mass is 292 g/mol. The van der Waals surface area contributed by atoms with Crippen LogP contribution < -0.4 is 21.5 Å². The molecular formula is C14H24N6O. The molecule has 0 aliphatic carbocycles. The molecule has 1 aromatic rings. The second kappa shape index (κ2) is 5.14. The molecule has 7 nitrogen and oxygen atoms in total. The Bertz CT molecular complexity index is 549. The molecule has 1 aromatic heterocycles. The highest BCUT2D eigenvalue weighted by Gasteiger charge is 2.39. The first-order chi connectivity index (χ1) is 9.66. The highest BCUT2D eigenvalue weighted by molar-refractivity contribution is 5.90. The molecule has 0 unspecified atom stereocenters. The summed E-state index contributed by atoms with van der Waals surface area (Å²) in [6.45, 7) is 11.2. The van der Waals surface area contributed by atoms with Crippen molar-refractivity contribution in [1.82, 2.24) is 15.3 Å². The number of nitrogens with one attached hydrogen (secondary N) is 2. The van der Waals surface area contributed by atoms with Gasteiger partial charge in [0.25, 0.3) is 0 Å². The van der Waals surface area contributed by atoms with Gasteiger partial charge in [0, 0.05) is 24.6 Å². The second-order valence-electron chi connectivity index (χ2n) is 6.80. The Hall–Kier alpha value is -1.89. The second-order valence-corrected chi connectivity index (χ2v) is 6.80. The Kier molecular flexibility index (Phi) is 3.79. The minimum Gasteiger partial charge on any atom is -0.352 e. The van der Waals surface area contributed by atoms with E-state index in [0.29, 0.717) is 30.5 Å². The Balaban J connectivity index is 2.50. The molecule has 4 N–H and O–H groups in total. The van der Waals surface area contributed by atoms with E-state index in [4.69, 9.17) is 5.84 Å². The number of aromatic nitrogens is 2. The number of hydrogen-bond donors (Lipinski definition) is 3. The number of nitrogens with two attached hydrogens (primary N) is 1. The molecule has 2 rings (SSSR count). The maximum Gasteiger partial charge on any atom is 0.245 e. The summed E-state index contributed by atoms with van der Waals surface area (Å²) in [6, 6.07) is 1.77. The van der Waals surface area contributed by atoms with Gasteiger partial charge in [-0.1, -0.05) is 20.8 Å². The van der Waals surface area contributed by atoms with Crippen molar-refractivity contribution in [2.24, 2.45) is 5.84 Å². The molecule has 1 aliphatic rings. The van der Waals surface area contributed by atoms with Crippen LogP contribution in [0.25, 0.3) is 0 Å². The van der Waals surface area contributed by atoms with E-state index in [1.54, 1.807) is 6.07 Å². The van der Waals surface area contributed by atoms with Crippen molar-refractivity contribution in [1.29, 1.82) is 0 Å². The molecule has 1 aliphatic heterocycles. The average molecular weight is 292 g/mol. The van der Waals surface area contributed by atoms with Gasteiger partial charge >= 0.3 is 0 Å². The van der Waals surface area contributed by atoms with Crippen LogP contribution in [-0.4, -0.2) is 34.5 Å². The Morgan fingerprint density at radius 3 is 2.62 bits per heavy atom.